The molecule has 0 fully saturated rings. The molecule has 1 heterocycles. The van der Waals surface area contributed by atoms with Crippen LogP contribution in [0.25, 0.3) is 0 Å². The van der Waals surface area contributed by atoms with Crippen molar-refractivity contribution in [2.75, 3.05) is 19.6 Å². The number of rotatable bonds is 7. The van der Waals surface area contributed by atoms with Crippen LogP contribution >= 0.6 is 0 Å². The normalized spacial score (nSPS) is 15.0. The van der Waals surface area contributed by atoms with Crippen molar-refractivity contribution in [2.45, 2.75) is 25.9 Å². The SMILES string of the molecule is CC(=O)N(CCc1ccccc1)CC(=O)NCC1Cc2ccccc2O1. The summed E-state index contributed by atoms with van der Waals surface area (Å²) in [6, 6.07) is 17.9. The van der Waals surface area contributed by atoms with Gasteiger partial charge in [0.25, 0.3) is 0 Å². The number of hydrogen-bond acceptors (Lipinski definition) is 3. The molecule has 0 radical (unpaired) electrons. The summed E-state index contributed by atoms with van der Waals surface area (Å²) in [4.78, 5) is 25.6. The van der Waals surface area contributed by atoms with E-state index in [-0.39, 0.29) is 24.5 Å². The molecule has 1 atom stereocenters. The van der Waals surface area contributed by atoms with Crippen molar-refractivity contribution in [1.29, 1.82) is 0 Å². The summed E-state index contributed by atoms with van der Waals surface area (Å²) < 4.78 is 5.82. The maximum atomic E-state index is 12.2. The zero-order chi connectivity index (χ0) is 18.4. The van der Waals surface area contributed by atoms with Gasteiger partial charge < -0.3 is 15.0 Å². The molecule has 26 heavy (non-hydrogen) atoms. The third-order valence-electron chi connectivity index (χ3n) is 4.53. The molecule has 136 valence electrons. The van der Waals surface area contributed by atoms with Gasteiger partial charge in [-0.05, 0) is 23.6 Å². The minimum absolute atomic E-state index is 0.0496. The number of benzene rings is 2. The quantitative estimate of drug-likeness (QED) is 0.831. The van der Waals surface area contributed by atoms with Gasteiger partial charge in [0, 0.05) is 19.9 Å². The average Bonchev–Trinajstić information content (AvgIpc) is 3.07. The fraction of sp³-hybridized carbons (Fsp3) is 0.333. The summed E-state index contributed by atoms with van der Waals surface area (Å²) in [5, 5.41) is 2.89. The van der Waals surface area contributed by atoms with Crippen LogP contribution in [0.4, 0.5) is 0 Å². The highest BCUT2D eigenvalue weighted by atomic mass is 16.5. The predicted octanol–water partition coefficient (Wildman–Crippen LogP) is 2.20. The Labute approximate surface area is 154 Å². The van der Waals surface area contributed by atoms with Gasteiger partial charge >= 0.3 is 0 Å². The molecule has 0 aliphatic carbocycles. The Hall–Kier alpha value is -2.82. The molecule has 0 spiro atoms. The van der Waals surface area contributed by atoms with Gasteiger partial charge in [-0.1, -0.05) is 48.5 Å². The second-order valence-corrected chi connectivity index (χ2v) is 6.53. The Bertz CT molecular complexity index is 736. The highest BCUT2D eigenvalue weighted by Gasteiger charge is 2.23. The Morgan fingerprint density at radius 2 is 1.85 bits per heavy atom. The number of fused-ring (bicyclic) bond motifs is 1. The molecule has 2 aromatic rings. The number of nitrogens with one attached hydrogen (secondary N) is 1. The van der Waals surface area contributed by atoms with Crippen molar-refractivity contribution >= 4 is 11.8 Å². The van der Waals surface area contributed by atoms with Gasteiger partial charge in [0.05, 0.1) is 13.1 Å². The topological polar surface area (TPSA) is 58.6 Å². The molecular weight excluding hydrogens is 328 g/mol. The second-order valence-electron chi connectivity index (χ2n) is 6.53. The number of hydrogen-bond donors (Lipinski definition) is 1. The molecule has 0 saturated heterocycles. The van der Waals surface area contributed by atoms with E-state index >= 15 is 0 Å². The van der Waals surface area contributed by atoms with Crippen molar-refractivity contribution in [3.05, 3.63) is 65.7 Å². The number of carbonyl (C=O) groups is 2. The predicted molar refractivity (Wildman–Crippen MR) is 100.0 cm³/mol. The van der Waals surface area contributed by atoms with Gasteiger partial charge in [-0.3, -0.25) is 9.59 Å². The first kappa shape index (κ1) is 18.0. The Morgan fingerprint density at radius 1 is 1.12 bits per heavy atom. The van der Waals surface area contributed by atoms with Crippen LogP contribution in [-0.2, 0) is 22.4 Å². The third kappa shape index (κ3) is 4.85. The highest BCUT2D eigenvalue weighted by Crippen LogP contribution is 2.27. The zero-order valence-electron chi connectivity index (χ0n) is 15.0. The molecule has 0 bridgehead atoms. The molecule has 0 saturated carbocycles. The highest BCUT2D eigenvalue weighted by molar-refractivity contribution is 5.83. The summed E-state index contributed by atoms with van der Waals surface area (Å²) in [5.74, 6) is 0.633. The molecule has 5 nitrogen and oxygen atoms in total. The van der Waals surface area contributed by atoms with Crippen molar-refractivity contribution in [1.82, 2.24) is 10.2 Å². The lowest BCUT2D eigenvalue weighted by atomic mass is 10.1. The first-order valence-corrected chi connectivity index (χ1v) is 8.92. The van der Waals surface area contributed by atoms with E-state index in [1.165, 1.54) is 12.5 Å². The van der Waals surface area contributed by atoms with E-state index in [2.05, 4.69) is 5.32 Å². The van der Waals surface area contributed by atoms with Crippen LogP contribution in [0.2, 0.25) is 0 Å². The van der Waals surface area contributed by atoms with E-state index in [9.17, 15) is 9.59 Å². The molecule has 1 aliphatic rings. The number of para-hydroxylation sites is 1. The van der Waals surface area contributed by atoms with Crippen LogP contribution in [0.3, 0.4) is 0 Å². The lowest BCUT2D eigenvalue weighted by Crippen LogP contribution is -2.43. The number of amides is 2. The van der Waals surface area contributed by atoms with Crippen molar-refractivity contribution < 1.29 is 14.3 Å². The van der Waals surface area contributed by atoms with Gasteiger partial charge in [-0.2, -0.15) is 0 Å². The van der Waals surface area contributed by atoms with Crippen LogP contribution in [0.5, 0.6) is 5.75 Å². The van der Waals surface area contributed by atoms with Gasteiger partial charge in [0.2, 0.25) is 11.8 Å². The molecule has 1 N–H and O–H groups in total. The van der Waals surface area contributed by atoms with Crippen molar-refractivity contribution in [2.24, 2.45) is 0 Å². The van der Waals surface area contributed by atoms with Crippen LogP contribution < -0.4 is 10.1 Å². The molecule has 1 aliphatic heterocycles. The third-order valence-corrected chi connectivity index (χ3v) is 4.53. The first-order chi connectivity index (χ1) is 12.6. The van der Waals surface area contributed by atoms with E-state index in [0.29, 0.717) is 13.1 Å². The largest absolute Gasteiger partial charge is 0.488 e. The minimum Gasteiger partial charge on any atom is -0.488 e. The lowest BCUT2D eigenvalue weighted by Gasteiger charge is -2.21. The van der Waals surface area contributed by atoms with E-state index in [0.717, 1.165) is 24.2 Å². The summed E-state index contributed by atoms with van der Waals surface area (Å²) in [6.07, 6.45) is 1.47. The van der Waals surface area contributed by atoms with E-state index in [4.69, 9.17) is 4.74 Å². The Balaban J connectivity index is 1.44. The maximum absolute atomic E-state index is 12.2. The molecule has 5 heteroatoms. The van der Waals surface area contributed by atoms with Crippen LogP contribution in [-0.4, -0.2) is 42.5 Å². The Kier molecular flexibility index (Phi) is 5.89. The first-order valence-electron chi connectivity index (χ1n) is 8.92. The van der Waals surface area contributed by atoms with Gasteiger partial charge in [-0.15, -0.1) is 0 Å². The van der Waals surface area contributed by atoms with Gasteiger partial charge in [0.15, 0.2) is 0 Å². The summed E-state index contributed by atoms with van der Waals surface area (Å²) in [5.41, 5.74) is 2.32. The zero-order valence-corrected chi connectivity index (χ0v) is 15.0. The number of nitrogens with zero attached hydrogens (tertiary/aromatic N) is 1. The monoisotopic (exact) mass is 352 g/mol. The average molecular weight is 352 g/mol. The Morgan fingerprint density at radius 3 is 2.58 bits per heavy atom. The lowest BCUT2D eigenvalue weighted by molar-refractivity contribution is -0.134. The van der Waals surface area contributed by atoms with Crippen LogP contribution in [0.1, 0.15) is 18.1 Å². The van der Waals surface area contributed by atoms with Crippen LogP contribution in [0, 0.1) is 0 Å². The van der Waals surface area contributed by atoms with Crippen molar-refractivity contribution in [3.63, 3.8) is 0 Å². The maximum Gasteiger partial charge on any atom is 0.239 e. The summed E-state index contributed by atoms with van der Waals surface area (Å²) >= 11 is 0. The fourth-order valence-electron chi connectivity index (χ4n) is 3.08. The van der Waals surface area contributed by atoms with Gasteiger partial charge in [-0.25, -0.2) is 0 Å². The molecule has 2 aromatic carbocycles. The fourth-order valence-corrected chi connectivity index (χ4v) is 3.08. The smallest absolute Gasteiger partial charge is 0.239 e. The molecule has 1 unspecified atom stereocenters. The summed E-state index contributed by atoms with van der Waals surface area (Å²) in [7, 11) is 0. The molecule has 3 rings (SSSR count). The van der Waals surface area contributed by atoms with Crippen LogP contribution in [0.15, 0.2) is 54.6 Å². The van der Waals surface area contributed by atoms with E-state index in [1.54, 1.807) is 4.90 Å². The number of ether oxygens (including phenoxy) is 1. The minimum atomic E-state index is -0.159. The second kappa shape index (κ2) is 8.52. The van der Waals surface area contributed by atoms with Crippen molar-refractivity contribution in [3.8, 4) is 5.75 Å². The standard InChI is InChI=1S/C21H24N2O3/c1-16(24)23(12-11-17-7-3-2-4-8-17)15-21(25)22-14-19-13-18-9-5-6-10-20(18)26-19/h2-10,19H,11-15H2,1H3,(H,22,25). The van der Waals surface area contributed by atoms with Gasteiger partial charge in [0.1, 0.15) is 11.9 Å². The summed E-state index contributed by atoms with van der Waals surface area (Å²) in [6.45, 7) is 2.53. The van der Waals surface area contributed by atoms with E-state index in [1.807, 2.05) is 54.6 Å². The number of carbonyl (C=O) groups excluding carboxylic acids is 2. The van der Waals surface area contributed by atoms with E-state index < -0.39 is 0 Å². The molecular formula is C21H24N2O3. The molecule has 0 aromatic heterocycles. The molecule has 2 amide bonds.